The summed E-state index contributed by atoms with van der Waals surface area (Å²) in [6, 6.07) is 3.42. The van der Waals surface area contributed by atoms with E-state index in [0.717, 1.165) is 35.1 Å². The smallest absolute Gasteiger partial charge is 0.301 e. The summed E-state index contributed by atoms with van der Waals surface area (Å²) >= 11 is 0. The lowest BCUT2D eigenvalue weighted by Gasteiger charge is -2.15. The Morgan fingerprint density at radius 1 is 1.09 bits per heavy atom. The molecule has 0 saturated heterocycles. The van der Waals surface area contributed by atoms with Crippen molar-refractivity contribution in [1.82, 2.24) is 24.2 Å². The summed E-state index contributed by atoms with van der Waals surface area (Å²) in [6.07, 6.45) is 8.40. The van der Waals surface area contributed by atoms with Gasteiger partial charge in [0.2, 0.25) is 5.78 Å². The summed E-state index contributed by atoms with van der Waals surface area (Å²) in [5, 5.41) is 0.344. The van der Waals surface area contributed by atoms with E-state index in [0.29, 0.717) is 28.1 Å². The maximum absolute atomic E-state index is 15.2. The zero-order valence-corrected chi connectivity index (χ0v) is 19.5. The Balaban J connectivity index is 1.53. The van der Waals surface area contributed by atoms with Crippen LogP contribution in [0.15, 0.2) is 43.0 Å². The number of fused-ring (bicyclic) bond motifs is 1. The number of carbonyl (C=O) groups excluding carboxylic acids is 1. The molecule has 1 fully saturated rings. The number of pyridine rings is 1. The SMILES string of the molecule is CN(C)S(=O)(=O)Nc1ccc(F)c(C(=O)c2c[nH]c3ncc(-c4cnc(C5CC5)nc4)cc23)c1F. The minimum Gasteiger partial charge on any atom is -0.345 e. The van der Waals surface area contributed by atoms with Crippen molar-refractivity contribution in [1.29, 1.82) is 0 Å². The van der Waals surface area contributed by atoms with Gasteiger partial charge in [0.15, 0.2) is 5.82 Å². The maximum atomic E-state index is 15.2. The van der Waals surface area contributed by atoms with Gasteiger partial charge in [0.05, 0.1) is 11.3 Å². The van der Waals surface area contributed by atoms with Crippen molar-refractivity contribution >= 4 is 32.7 Å². The number of aromatic amines is 1. The van der Waals surface area contributed by atoms with Crippen LogP contribution in [0.5, 0.6) is 0 Å². The second-order valence-corrected chi connectivity index (χ2v) is 10.3. The molecule has 1 aromatic carbocycles. The van der Waals surface area contributed by atoms with E-state index in [4.69, 9.17) is 0 Å². The number of hydrogen-bond donors (Lipinski definition) is 2. The number of hydrogen-bond acceptors (Lipinski definition) is 6. The van der Waals surface area contributed by atoms with Crippen LogP contribution in [0.25, 0.3) is 22.2 Å². The van der Waals surface area contributed by atoms with Gasteiger partial charge in [-0.2, -0.15) is 12.7 Å². The molecule has 1 aliphatic rings. The lowest BCUT2D eigenvalue weighted by Crippen LogP contribution is -2.29. The number of nitrogens with one attached hydrogen (secondary N) is 2. The molecule has 2 N–H and O–H groups in total. The number of H-pyrrole nitrogens is 1. The predicted octanol–water partition coefficient (Wildman–Crippen LogP) is 3.62. The Labute approximate surface area is 199 Å². The van der Waals surface area contributed by atoms with Crippen molar-refractivity contribution in [3.63, 3.8) is 0 Å². The standard InChI is InChI=1S/C23H20F2N6O3S/c1-31(2)35(33,34)30-18-6-5-17(24)19(20(18)25)21(32)16-11-29-23-15(16)7-13(8-28-23)14-9-26-22(27-10-14)12-3-4-12/h5-12,30H,3-4H2,1-2H3,(H,28,29). The molecule has 0 aliphatic heterocycles. The molecule has 12 heteroatoms. The molecule has 5 rings (SSSR count). The molecular weight excluding hydrogens is 478 g/mol. The van der Waals surface area contributed by atoms with Crippen molar-refractivity contribution in [2.24, 2.45) is 0 Å². The zero-order chi connectivity index (χ0) is 24.9. The van der Waals surface area contributed by atoms with Gasteiger partial charge in [-0.1, -0.05) is 0 Å². The quantitative estimate of drug-likeness (QED) is 0.376. The Morgan fingerprint density at radius 2 is 1.77 bits per heavy atom. The highest BCUT2D eigenvalue weighted by Gasteiger charge is 2.27. The van der Waals surface area contributed by atoms with Crippen molar-refractivity contribution in [2.45, 2.75) is 18.8 Å². The Morgan fingerprint density at radius 3 is 2.43 bits per heavy atom. The summed E-state index contributed by atoms with van der Waals surface area (Å²) in [5.41, 5.74) is 0.207. The summed E-state index contributed by atoms with van der Waals surface area (Å²) in [4.78, 5) is 29.2. The van der Waals surface area contributed by atoms with Crippen molar-refractivity contribution < 1.29 is 22.0 Å². The fourth-order valence-electron chi connectivity index (χ4n) is 3.59. The highest BCUT2D eigenvalue weighted by molar-refractivity contribution is 7.90. The first-order valence-electron chi connectivity index (χ1n) is 10.7. The van der Waals surface area contributed by atoms with E-state index in [2.05, 4.69) is 19.9 Å². The molecule has 0 unspecified atom stereocenters. The van der Waals surface area contributed by atoms with Gasteiger partial charge in [0, 0.05) is 66.9 Å². The predicted molar refractivity (Wildman–Crippen MR) is 125 cm³/mol. The van der Waals surface area contributed by atoms with Crippen LogP contribution in [0, 0.1) is 11.6 Å². The molecule has 0 spiro atoms. The van der Waals surface area contributed by atoms with Gasteiger partial charge in [-0.3, -0.25) is 9.52 Å². The fourth-order valence-corrected chi connectivity index (χ4v) is 4.21. The highest BCUT2D eigenvalue weighted by Crippen LogP contribution is 2.38. The fraction of sp³-hybridized carbons (Fsp3) is 0.217. The molecule has 0 amide bonds. The average molecular weight is 499 g/mol. The largest absolute Gasteiger partial charge is 0.345 e. The normalized spacial score (nSPS) is 14.0. The van der Waals surface area contributed by atoms with E-state index in [1.54, 1.807) is 24.7 Å². The third kappa shape index (κ3) is 4.26. The summed E-state index contributed by atoms with van der Waals surface area (Å²) in [6.45, 7) is 0. The van der Waals surface area contributed by atoms with E-state index in [-0.39, 0.29) is 5.56 Å². The number of rotatable bonds is 7. The third-order valence-electron chi connectivity index (χ3n) is 5.76. The van der Waals surface area contributed by atoms with Crippen LogP contribution in [0.2, 0.25) is 0 Å². The molecule has 3 aromatic heterocycles. The van der Waals surface area contributed by atoms with Crippen LogP contribution in [0.1, 0.15) is 40.5 Å². The molecule has 0 atom stereocenters. The molecule has 9 nitrogen and oxygen atoms in total. The van der Waals surface area contributed by atoms with Gasteiger partial charge >= 0.3 is 10.2 Å². The van der Waals surface area contributed by atoms with Gasteiger partial charge in [-0.15, -0.1) is 0 Å². The van der Waals surface area contributed by atoms with Crippen molar-refractivity contribution in [3.8, 4) is 11.1 Å². The highest BCUT2D eigenvalue weighted by atomic mass is 32.2. The number of anilines is 1. The lowest BCUT2D eigenvalue weighted by atomic mass is 10.0. The second-order valence-electron chi connectivity index (χ2n) is 8.43. The molecule has 0 bridgehead atoms. The first kappa shape index (κ1) is 23.0. The second kappa shape index (κ2) is 8.47. The van der Waals surface area contributed by atoms with E-state index in [1.165, 1.54) is 20.3 Å². The Hall–Kier alpha value is -3.77. The van der Waals surface area contributed by atoms with Crippen molar-refractivity contribution in [3.05, 3.63) is 71.6 Å². The number of carbonyl (C=O) groups is 1. The number of nitrogens with zero attached hydrogens (tertiary/aromatic N) is 4. The Kier molecular flexibility index (Phi) is 5.56. The maximum Gasteiger partial charge on any atom is 0.301 e. The molecule has 3 heterocycles. The van der Waals surface area contributed by atoms with Gasteiger partial charge < -0.3 is 4.98 Å². The summed E-state index contributed by atoms with van der Waals surface area (Å²) in [7, 11) is -1.58. The monoisotopic (exact) mass is 498 g/mol. The first-order chi connectivity index (χ1) is 16.7. The molecule has 1 aliphatic carbocycles. The van der Waals surface area contributed by atoms with Gasteiger partial charge in [0.25, 0.3) is 0 Å². The molecular formula is C23H20F2N6O3S. The van der Waals surface area contributed by atoms with Crippen LogP contribution >= 0.6 is 0 Å². The average Bonchev–Trinajstić information content (AvgIpc) is 3.59. The van der Waals surface area contributed by atoms with Crippen molar-refractivity contribution in [2.75, 3.05) is 18.8 Å². The minimum atomic E-state index is -4.08. The summed E-state index contributed by atoms with van der Waals surface area (Å²) in [5.74, 6) is -2.21. The Bertz CT molecular complexity index is 1560. The number of aromatic nitrogens is 4. The molecule has 4 aromatic rings. The topological polar surface area (TPSA) is 121 Å². The van der Waals surface area contributed by atoms with E-state index in [1.807, 2.05) is 4.72 Å². The van der Waals surface area contributed by atoms with E-state index < -0.39 is 38.9 Å². The van der Waals surface area contributed by atoms with Gasteiger partial charge in [-0.25, -0.2) is 23.7 Å². The minimum absolute atomic E-state index is 0.0183. The lowest BCUT2D eigenvalue weighted by molar-refractivity contribution is 0.103. The van der Waals surface area contributed by atoms with Crippen LogP contribution in [-0.4, -0.2) is 52.5 Å². The molecule has 35 heavy (non-hydrogen) atoms. The van der Waals surface area contributed by atoms with Crippen LogP contribution in [0.4, 0.5) is 14.5 Å². The van der Waals surface area contributed by atoms with Crippen LogP contribution in [-0.2, 0) is 10.2 Å². The van der Waals surface area contributed by atoms with E-state index >= 15 is 4.39 Å². The van der Waals surface area contributed by atoms with Gasteiger partial charge in [0.1, 0.15) is 17.3 Å². The summed E-state index contributed by atoms with van der Waals surface area (Å²) < 4.78 is 56.8. The number of ketones is 1. The molecule has 180 valence electrons. The van der Waals surface area contributed by atoms with Crippen LogP contribution < -0.4 is 4.72 Å². The first-order valence-corrected chi connectivity index (χ1v) is 12.1. The third-order valence-corrected chi connectivity index (χ3v) is 7.20. The zero-order valence-electron chi connectivity index (χ0n) is 18.7. The molecule has 1 saturated carbocycles. The number of halogens is 2. The van der Waals surface area contributed by atoms with Crippen LogP contribution in [0.3, 0.4) is 0 Å². The molecule has 0 radical (unpaired) electrons. The number of benzene rings is 1. The van der Waals surface area contributed by atoms with Gasteiger partial charge in [-0.05, 0) is 31.0 Å². The van der Waals surface area contributed by atoms with E-state index in [9.17, 15) is 17.6 Å².